The number of halogens is 1. The summed E-state index contributed by atoms with van der Waals surface area (Å²) in [5.74, 6) is -0.423. The number of imidazole rings is 1. The van der Waals surface area contributed by atoms with Crippen LogP contribution in [0.15, 0.2) is 30.7 Å². The molecule has 1 aromatic carbocycles. The highest BCUT2D eigenvalue weighted by Gasteiger charge is 2.06. The third-order valence-electron chi connectivity index (χ3n) is 2.38. The minimum Gasteiger partial charge on any atom is -0.484 e. The molecule has 5 heteroatoms. The molecular weight excluding hydrogens is 223 g/mol. The summed E-state index contributed by atoms with van der Waals surface area (Å²) in [6, 6.07) is 4.09. The van der Waals surface area contributed by atoms with Gasteiger partial charge in [0, 0.05) is 12.6 Å². The van der Waals surface area contributed by atoms with Gasteiger partial charge in [0.2, 0.25) is 0 Å². The van der Waals surface area contributed by atoms with Crippen LogP contribution in [0, 0.1) is 5.82 Å². The second-order valence-electron chi connectivity index (χ2n) is 3.59. The maximum Gasteiger partial charge on any atom is 0.165 e. The number of ether oxygens (including phenoxy) is 1. The molecular formula is C12H11FN2O2. The summed E-state index contributed by atoms with van der Waals surface area (Å²) >= 11 is 0. The van der Waals surface area contributed by atoms with Crippen molar-refractivity contribution >= 4 is 6.29 Å². The molecule has 0 atom stereocenters. The van der Waals surface area contributed by atoms with E-state index >= 15 is 0 Å². The summed E-state index contributed by atoms with van der Waals surface area (Å²) in [5, 5.41) is 0. The second-order valence-corrected chi connectivity index (χ2v) is 3.59. The van der Waals surface area contributed by atoms with Crippen LogP contribution in [0.2, 0.25) is 0 Å². The maximum absolute atomic E-state index is 13.5. The van der Waals surface area contributed by atoms with E-state index in [1.54, 1.807) is 17.1 Å². The zero-order valence-corrected chi connectivity index (χ0v) is 9.26. The number of carbonyl (C=O) groups excluding carboxylic acids is 1. The van der Waals surface area contributed by atoms with Gasteiger partial charge in [0.1, 0.15) is 12.9 Å². The summed E-state index contributed by atoms with van der Waals surface area (Å²) in [6.07, 6.45) is 3.89. The Morgan fingerprint density at radius 1 is 1.53 bits per heavy atom. The molecule has 1 aromatic heterocycles. The van der Waals surface area contributed by atoms with Crippen LogP contribution < -0.4 is 4.74 Å². The Balaban J connectivity index is 2.09. The van der Waals surface area contributed by atoms with Crippen LogP contribution in [0.5, 0.6) is 5.75 Å². The maximum atomic E-state index is 13.5. The van der Waals surface area contributed by atoms with E-state index in [9.17, 15) is 9.18 Å². The predicted octanol–water partition coefficient (Wildman–Crippen LogP) is 1.95. The minimum absolute atomic E-state index is 0.122. The third-order valence-corrected chi connectivity index (χ3v) is 2.38. The molecule has 2 rings (SSSR count). The number of rotatable bonds is 4. The van der Waals surface area contributed by atoms with Gasteiger partial charge in [0.25, 0.3) is 0 Å². The van der Waals surface area contributed by atoms with E-state index < -0.39 is 5.82 Å². The molecule has 0 radical (unpaired) electrons. The molecule has 0 aliphatic heterocycles. The van der Waals surface area contributed by atoms with Crippen molar-refractivity contribution in [2.45, 2.75) is 6.61 Å². The average molecular weight is 234 g/mol. The number of benzene rings is 1. The van der Waals surface area contributed by atoms with E-state index in [0.717, 1.165) is 11.8 Å². The average Bonchev–Trinajstić information content (AvgIpc) is 2.73. The summed E-state index contributed by atoms with van der Waals surface area (Å²) in [4.78, 5) is 14.4. The minimum atomic E-state index is -0.545. The van der Waals surface area contributed by atoms with Crippen molar-refractivity contribution in [2.75, 3.05) is 0 Å². The highest BCUT2D eigenvalue weighted by molar-refractivity contribution is 5.74. The topological polar surface area (TPSA) is 44.1 Å². The number of aldehydes is 1. The van der Waals surface area contributed by atoms with E-state index in [4.69, 9.17) is 4.74 Å². The van der Waals surface area contributed by atoms with Crippen LogP contribution in [0.1, 0.15) is 16.1 Å². The Labute approximate surface area is 97.7 Å². The van der Waals surface area contributed by atoms with E-state index in [1.807, 2.05) is 7.05 Å². The van der Waals surface area contributed by atoms with Crippen LogP contribution in [-0.4, -0.2) is 15.8 Å². The van der Waals surface area contributed by atoms with E-state index in [0.29, 0.717) is 6.29 Å². The van der Waals surface area contributed by atoms with Crippen LogP contribution in [0.4, 0.5) is 4.39 Å². The molecule has 0 aliphatic carbocycles. The lowest BCUT2D eigenvalue weighted by Gasteiger charge is -2.07. The predicted molar refractivity (Wildman–Crippen MR) is 59.3 cm³/mol. The molecule has 0 amide bonds. The molecule has 0 fully saturated rings. The molecule has 0 bridgehead atoms. The lowest BCUT2D eigenvalue weighted by atomic mass is 10.2. The van der Waals surface area contributed by atoms with Gasteiger partial charge < -0.3 is 9.30 Å². The number of carbonyl (C=O) groups is 1. The van der Waals surface area contributed by atoms with Gasteiger partial charge in [-0.15, -0.1) is 0 Å². The SMILES string of the molecule is Cn1cncc1COc1ccc(C=O)cc1F. The highest BCUT2D eigenvalue weighted by atomic mass is 19.1. The largest absolute Gasteiger partial charge is 0.484 e. The summed E-state index contributed by atoms with van der Waals surface area (Å²) in [7, 11) is 1.83. The van der Waals surface area contributed by atoms with Gasteiger partial charge in [-0.25, -0.2) is 9.37 Å². The number of aryl methyl sites for hydroxylation is 1. The van der Waals surface area contributed by atoms with Gasteiger partial charge in [-0.1, -0.05) is 0 Å². The standard InChI is InChI=1S/C12H11FN2O2/c1-15-8-14-5-10(15)7-17-12-3-2-9(6-16)4-11(12)13/h2-6,8H,7H2,1H3. The number of nitrogens with zero attached hydrogens (tertiary/aromatic N) is 2. The zero-order chi connectivity index (χ0) is 12.3. The van der Waals surface area contributed by atoms with Gasteiger partial charge >= 0.3 is 0 Å². The van der Waals surface area contributed by atoms with Gasteiger partial charge in [0.05, 0.1) is 18.2 Å². The fraction of sp³-hybridized carbons (Fsp3) is 0.167. The quantitative estimate of drug-likeness (QED) is 0.759. The second kappa shape index (κ2) is 4.78. The van der Waals surface area contributed by atoms with Crippen LogP contribution in [-0.2, 0) is 13.7 Å². The summed E-state index contributed by atoms with van der Waals surface area (Å²) in [6.45, 7) is 0.230. The van der Waals surface area contributed by atoms with Crippen molar-refractivity contribution in [3.63, 3.8) is 0 Å². The zero-order valence-electron chi connectivity index (χ0n) is 9.26. The number of aromatic nitrogens is 2. The lowest BCUT2D eigenvalue weighted by Crippen LogP contribution is -2.02. The first-order valence-electron chi connectivity index (χ1n) is 5.03. The first kappa shape index (κ1) is 11.3. The van der Waals surface area contributed by atoms with Gasteiger partial charge in [-0.2, -0.15) is 0 Å². The van der Waals surface area contributed by atoms with Crippen molar-refractivity contribution in [1.82, 2.24) is 9.55 Å². The van der Waals surface area contributed by atoms with Crippen molar-refractivity contribution in [1.29, 1.82) is 0 Å². The monoisotopic (exact) mass is 234 g/mol. The lowest BCUT2D eigenvalue weighted by molar-refractivity contribution is 0.112. The normalized spacial score (nSPS) is 10.2. The molecule has 0 N–H and O–H groups in total. The fourth-order valence-electron chi connectivity index (χ4n) is 1.38. The summed E-state index contributed by atoms with van der Waals surface area (Å²) < 4.78 is 20.6. The van der Waals surface area contributed by atoms with E-state index in [2.05, 4.69) is 4.98 Å². The Hall–Kier alpha value is -2.17. The highest BCUT2D eigenvalue weighted by Crippen LogP contribution is 2.18. The van der Waals surface area contributed by atoms with Crippen LogP contribution in [0.25, 0.3) is 0 Å². The molecule has 0 saturated heterocycles. The van der Waals surface area contributed by atoms with Crippen molar-refractivity contribution in [2.24, 2.45) is 7.05 Å². The molecule has 1 heterocycles. The smallest absolute Gasteiger partial charge is 0.165 e. The molecule has 0 spiro atoms. The molecule has 4 nitrogen and oxygen atoms in total. The Morgan fingerprint density at radius 2 is 2.35 bits per heavy atom. The first-order valence-corrected chi connectivity index (χ1v) is 5.03. The fourth-order valence-corrected chi connectivity index (χ4v) is 1.38. The Bertz CT molecular complexity index is 537. The summed E-state index contributed by atoms with van der Waals surface area (Å²) in [5.41, 5.74) is 1.12. The van der Waals surface area contributed by atoms with E-state index in [1.165, 1.54) is 12.1 Å². The third kappa shape index (κ3) is 2.50. The molecule has 0 unspecified atom stereocenters. The molecule has 88 valence electrons. The van der Waals surface area contributed by atoms with Gasteiger partial charge in [0.15, 0.2) is 11.6 Å². The Kier molecular flexibility index (Phi) is 3.18. The molecule has 2 aromatic rings. The van der Waals surface area contributed by atoms with Gasteiger partial charge in [-0.05, 0) is 18.2 Å². The first-order chi connectivity index (χ1) is 8.20. The molecule has 0 saturated carbocycles. The van der Waals surface area contributed by atoms with Gasteiger partial charge in [-0.3, -0.25) is 4.79 Å². The molecule has 0 aliphatic rings. The molecule has 17 heavy (non-hydrogen) atoms. The van der Waals surface area contributed by atoms with Crippen molar-refractivity contribution < 1.29 is 13.9 Å². The number of hydrogen-bond acceptors (Lipinski definition) is 3. The Morgan fingerprint density at radius 3 is 2.94 bits per heavy atom. The van der Waals surface area contributed by atoms with Crippen molar-refractivity contribution in [3.05, 3.63) is 47.8 Å². The van der Waals surface area contributed by atoms with Crippen molar-refractivity contribution in [3.8, 4) is 5.75 Å². The number of hydrogen-bond donors (Lipinski definition) is 0. The van der Waals surface area contributed by atoms with E-state index in [-0.39, 0.29) is 17.9 Å². The van der Waals surface area contributed by atoms with Crippen LogP contribution >= 0.6 is 0 Å². The van der Waals surface area contributed by atoms with Crippen LogP contribution in [0.3, 0.4) is 0 Å².